The first-order valence-electron chi connectivity index (χ1n) is 6.21. The highest BCUT2D eigenvalue weighted by molar-refractivity contribution is 5.83. The normalized spacial score (nSPS) is 11.6. The van der Waals surface area contributed by atoms with Crippen LogP contribution >= 0.6 is 0 Å². The molecule has 0 aliphatic carbocycles. The van der Waals surface area contributed by atoms with Gasteiger partial charge in [-0.3, -0.25) is 4.79 Å². The van der Waals surface area contributed by atoms with Crippen LogP contribution in [0.2, 0.25) is 0 Å². The number of nitrogens with zero attached hydrogens (tertiary/aromatic N) is 1. The molecule has 0 fully saturated rings. The molecule has 0 aliphatic heterocycles. The lowest BCUT2D eigenvalue weighted by atomic mass is 9.81. The molecule has 0 saturated heterocycles. The minimum atomic E-state index is -0.497. The number of nitrogens with two attached hydrogens (primary N) is 1. The molecule has 0 aliphatic rings. The summed E-state index contributed by atoms with van der Waals surface area (Å²) in [5.41, 5.74) is 5.25. The van der Waals surface area contributed by atoms with Gasteiger partial charge in [0.1, 0.15) is 0 Å². The maximum atomic E-state index is 12.4. The van der Waals surface area contributed by atoms with Crippen LogP contribution < -0.4 is 5.73 Å². The maximum Gasteiger partial charge on any atom is 0.230 e. The van der Waals surface area contributed by atoms with Crippen molar-refractivity contribution in [3.63, 3.8) is 0 Å². The zero-order chi connectivity index (χ0) is 13.3. The number of aliphatic hydroxyl groups is 1. The second kappa shape index (κ2) is 8.44. The summed E-state index contributed by atoms with van der Waals surface area (Å²) in [5, 5.41) is 9.00. The third-order valence-electron chi connectivity index (χ3n) is 3.42. The minimum absolute atomic E-state index is 0.0242. The largest absolute Gasteiger partial charge is 0.395 e. The van der Waals surface area contributed by atoms with Gasteiger partial charge in [0.25, 0.3) is 0 Å². The first kappa shape index (κ1) is 16.4. The minimum Gasteiger partial charge on any atom is -0.395 e. The van der Waals surface area contributed by atoms with Gasteiger partial charge in [-0.1, -0.05) is 13.8 Å². The highest BCUT2D eigenvalue weighted by Crippen LogP contribution is 2.27. The van der Waals surface area contributed by atoms with Crippen LogP contribution in [0.5, 0.6) is 0 Å². The number of carbonyl (C=O) groups excluding carboxylic acids is 1. The van der Waals surface area contributed by atoms with E-state index in [0.29, 0.717) is 39.1 Å². The fourth-order valence-electron chi connectivity index (χ4n) is 1.90. The second-order valence-corrected chi connectivity index (χ2v) is 4.20. The van der Waals surface area contributed by atoms with Gasteiger partial charge in [0.2, 0.25) is 5.91 Å². The van der Waals surface area contributed by atoms with Crippen LogP contribution in [0.15, 0.2) is 0 Å². The lowest BCUT2D eigenvalue weighted by Gasteiger charge is -2.35. The fourth-order valence-corrected chi connectivity index (χ4v) is 1.90. The Morgan fingerprint density at radius 1 is 1.35 bits per heavy atom. The Morgan fingerprint density at radius 3 is 2.29 bits per heavy atom. The molecule has 1 amide bonds. The summed E-state index contributed by atoms with van der Waals surface area (Å²) < 4.78 is 4.98. The molecular weight excluding hydrogens is 220 g/mol. The van der Waals surface area contributed by atoms with E-state index < -0.39 is 5.41 Å². The van der Waals surface area contributed by atoms with Crippen LogP contribution in [0.1, 0.15) is 26.7 Å². The van der Waals surface area contributed by atoms with E-state index in [1.165, 1.54) is 0 Å². The van der Waals surface area contributed by atoms with Crippen molar-refractivity contribution in [3.8, 4) is 0 Å². The van der Waals surface area contributed by atoms with Gasteiger partial charge in [0, 0.05) is 26.7 Å². The number of ether oxygens (including phenoxy) is 1. The van der Waals surface area contributed by atoms with E-state index >= 15 is 0 Å². The van der Waals surface area contributed by atoms with Crippen molar-refractivity contribution >= 4 is 5.91 Å². The van der Waals surface area contributed by atoms with Crippen molar-refractivity contribution in [1.82, 2.24) is 4.90 Å². The van der Waals surface area contributed by atoms with Crippen molar-refractivity contribution in [2.24, 2.45) is 11.1 Å². The smallest absolute Gasteiger partial charge is 0.230 e. The van der Waals surface area contributed by atoms with Crippen LogP contribution in [-0.4, -0.2) is 55.9 Å². The van der Waals surface area contributed by atoms with Crippen molar-refractivity contribution in [1.29, 1.82) is 0 Å². The molecule has 0 bridgehead atoms. The van der Waals surface area contributed by atoms with Crippen LogP contribution in [0.3, 0.4) is 0 Å². The first-order valence-corrected chi connectivity index (χ1v) is 6.21. The molecule has 5 heteroatoms. The van der Waals surface area contributed by atoms with Gasteiger partial charge in [-0.2, -0.15) is 0 Å². The predicted molar refractivity (Wildman–Crippen MR) is 67.6 cm³/mol. The van der Waals surface area contributed by atoms with E-state index in [1.807, 2.05) is 13.8 Å². The molecule has 102 valence electrons. The topological polar surface area (TPSA) is 75.8 Å². The van der Waals surface area contributed by atoms with E-state index in [4.69, 9.17) is 15.6 Å². The molecule has 0 aromatic heterocycles. The Labute approximate surface area is 104 Å². The number of carbonyl (C=O) groups is 1. The average Bonchev–Trinajstić information content (AvgIpc) is 2.37. The molecule has 5 nitrogen and oxygen atoms in total. The number of aliphatic hydroxyl groups excluding tert-OH is 1. The highest BCUT2D eigenvalue weighted by Gasteiger charge is 2.36. The van der Waals surface area contributed by atoms with Crippen LogP contribution in [0.4, 0.5) is 0 Å². The summed E-state index contributed by atoms with van der Waals surface area (Å²) >= 11 is 0. The van der Waals surface area contributed by atoms with Crippen LogP contribution in [0, 0.1) is 5.41 Å². The summed E-state index contributed by atoms with van der Waals surface area (Å²) in [4.78, 5) is 14.1. The molecule has 0 heterocycles. The molecule has 3 N–H and O–H groups in total. The lowest BCUT2D eigenvalue weighted by molar-refractivity contribution is -0.143. The van der Waals surface area contributed by atoms with Crippen LogP contribution in [0.25, 0.3) is 0 Å². The maximum absolute atomic E-state index is 12.4. The zero-order valence-electron chi connectivity index (χ0n) is 11.2. The zero-order valence-corrected chi connectivity index (χ0v) is 11.2. The molecule has 17 heavy (non-hydrogen) atoms. The Hall–Kier alpha value is -0.650. The second-order valence-electron chi connectivity index (χ2n) is 4.20. The third kappa shape index (κ3) is 4.26. The summed E-state index contributed by atoms with van der Waals surface area (Å²) in [7, 11) is 1.59. The number of rotatable bonds is 9. The Kier molecular flexibility index (Phi) is 8.12. The van der Waals surface area contributed by atoms with Crippen molar-refractivity contribution in [2.45, 2.75) is 26.7 Å². The Balaban J connectivity index is 4.76. The van der Waals surface area contributed by atoms with Crippen LogP contribution in [-0.2, 0) is 9.53 Å². The average molecular weight is 246 g/mol. The highest BCUT2D eigenvalue weighted by atomic mass is 16.5. The van der Waals surface area contributed by atoms with Crippen molar-refractivity contribution in [3.05, 3.63) is 0 Å². The van der Waals surface area contributed by atoms with Crippen molar-refractivity contribution in [2.75, 3.05) is 40.0 Å². The van der Waals surface area contributed by atoms with Gasteiger partial charge in [0.05, 0.1) is 18.6 Å². The molecule has 0 aromatic carbocycles. The Morgan fingerprint density at radius 2 is 1.94 bits per heavy atom. The molecule has 0 aromatic rings. The SMILES string of the molecule is CCC(CC)(CN)C(=O)N(CCO)CCOC. The molecule has 0 spiro atoms. The monoisotopic (exact) mass is 246 g/mol. The standard InChI is InChI=1S/C12H26N2O3/c1-4-12(5-2,10-13)11(16)14(6-8-15)7-9-17-3/h15H,4-10,13H2,1-3H3. The fraction of sp³-hybridized carbons (Fsp3) is 0.917. The molecular formula is C12H26N2O3. The quantitative estimate of drug-likeness (QED) is 0.610. The van der Waals surface area contributed by atoms with Gasteiger partial charge in [-0.05, 0) is 12.8 Å². The van der Waals surface area contributed by atoms with E-state index in [2.05, 4.69) is 0 Å². The molecule has 0 unspecified atom stereocenters. The van der Waals surface area contributed by atoms with Gasteiger partial charge in [-0.25, -0.2) is 0 Å². The summed E-state index contributed by atoms with van der Waals surface area (Å²) in [6.07, 6.45) is 1.43. The molecule has 0 saturated carbocycles. The number of methoxy groups -OCH3 is 1. The molecule has 0 rings (SSSR count). The van der Waals surface area contributed by atoms with Gasteiger partial charge in [0.15, 0.2) is 0 Å². The predicted octanol–water partition coefficient (Wildman–Crippen LogP) is 0.219. The Bertz CT molecular complexity index is 210. The number of hydrogen-bond donors (Lipinski definition) is 2. The van der Waals surface area contributed by atoms with Crippen molar-refractivity contribution < 1.29 is 14.6 Å². The van der Waals surface area contributed by atoms with Gasteiger partial charge in [-0.15, -0.1) is 0 Å². The van der Waals surface area contributed by atoms with Gasteiger partial charge < -0.3 is 20.5 Å². The number of hydrogen-bond acceptors (Lipinski definition) is 4. The van der Waals surface area contributed by atoms with Gasteiger partial charge >= 0.3 is 0 Å². The molecule has 0 atom stereocenters. The first-order chi connectivity index (χ1) is 8.11. The van der Waals surface area contributed by atoms with E-state index in [-0.39, 0.29) is 12.5 Å². The third-order valence-corrected chi connectivity index (χ3v) is 3.42. The summed E-state index contributed by atoms with van der Waals surface area (Å²) in [6, 6.07) is 0. The summed E-state index contributed by atoms with van der Waals surface area (Å²) in [6.45, 7) is 5.56. The van der Waals surface area contributed by atoms with E-state index in [0.717, 1.165) is 0 Å². The van der Waals surface area contributed by atoms with E-state index in [9.17, 15) is 4.79 Å². The lowest BCUT2D eigenvalue weighted by Crippen LogP contribution is -2.49. The summed E-state index contributed by atoms with van der Waals surface area (Å²) in [5.74, 6) is 0.0242. The number of amides is 1. The molecule has 0 radical (unpaired) electrons. The van der Waals surface area contributed by atoms with E-state index in [1.54, 1.807) is 12.0 Å².